The lowest BCUT2D eigenvalue weighted by Crippen LogP contribution is -2.15. The van der Waals surface area contributed by atoms with Crippen LogP contribution < -0.4 is 0 Å². The van der Waals surface area contributed by atoms with E-state index < -0.39 is 5.97 Å². The lowest BCUT2D eigenvalue weighted by molar-refractivity contribution is -0.145. The number of rotatable bonds is 26. The summed E-state index contributed by atoms with van der Waals surface area (Å²) in [4.78, 5) is 21.7. The molecule has 0 aliphatic heterocycles. The number of esters is 1. The molecule has 0 radical (unpaired) electrons. The number of carboxylic acid groups (broad SMARTS) is 1. The molecule has 0 spiro atoms. The van der Waals surface area contributed by atoms with E-state index in [1.165, 1.54) is 0 Å². The van der Waals surface area contributed by atoms with Crippen molar-refractivity contribution in [3.63, 3.8) is 0 Å². The van der Waals surface area contributed by atoms with Gasteiger partial charge in [-0.2, -0.15) is 0 Å². The summed E-state index contributed by atoms with van der Waals surface area (Å²) in [6.07, 6.45) is 4.75. The fraction of sp³-hybridized carbons (Fsp3) is 0.909. The van der Waals surface area contributed by atoms with Crippen LogP contribution in [0, 0.1) is 0 Å². The number of hydrogen-bond acceptors (Lipinski definition) is 9. The molecule has 0 saturated carbocycles. The van der Waals surface area contributed by atoms with E-state index in [4.69, 9.17) is 38.3 Å². The van der Waals surface area contributed by atoms with Gasteiger partial charge >= 0.3 is 11.9 Å². The van der Waals surface area contributed by atoms with Crippen molar-refractivity contribution < 1.29 is 47.9 Å². The predicted molar refractivity (Wildman–Crippen MR) is 117 cm³/mol. The second kappa shape index (κ2) is 26.0. The van der Waals surface area contributed by atoms with Crippen LogP contribution in [0.4, 0.5) is 0 Å². The summed E-state index contributed by atoms with van der Waals surface area (Å²) in [7, 11) is 0. The predicted octanol–water partition coefficient (Wildman–Crippen LogP) is 2.07. The number of carboxylic acids is 1. The molecule has 0 amide bonds. The zero-order valence-corrected chi connectivity index (χ0v) is 19.6. The average Bonchev–Trinajstić information content (AvgIpc) is 2.77. The van der Waals surface area contributed by atoms with E-state index in [-0.39, 0.29) is 25.6 Å². The van der Waals surface area contributed by atoms with Gasteiger partial charge in [-0.25, -0.2) is 0 Å². The first kappa shape index (κ1) is 30.7. The molecule has 0 unspecified atom stereocenters. The van der Waals surface area contributed by atoms with Gasteiger partial charge in [0, 0.05) is 6.42 Å². The van der Waals surface area contributed by atoms with Crippen LogP contribution in [-0.4, -0.2) is 103 Å². The van der Waals surface area contributed by atoms with Crippen molar-refractivity contribution >= 4 is 11.9 Å². The molecule has 10 nitrogen and oxygen atoms in total. The van der Waals surface area contributed by atoms with Crippen molar-refractivity contribution in [1.29, 1.82) is 0 Å². The monoisotopic (exact) mass is 466 g/mol. The highest BCUT2D eigenvalue weighted by Gasteiger charge is 2.02. The topological polar surface area (TPSA) is 119 Å². The van der Waals surface area contributed by atoms with Crippen molar-refractivity contribution in [1.82, 2.24) is 0 Å². The quantitative estimate of drug-likeness (QED) is 0.150. The van der Waals surface area contributed by atoms with Gasteiger partial charge in [-0.05, 0) is 6.42 Å². The van der Waals surface area contributed by atoms with E-state index in [0.717, 1.165) is 25.7 Å². The van der Waals surface area contributed by atoms with Gasteiger partial charge < -0.3 is 38.3 Å². The lowest BCUT2D eigenvalue weighted by Gasteiger charge is -2.08. The van der Waals surface area contributed by atoms with E-state index >= 15 is 0 Å². The molecule has 0 fully saturated rings. The highest BCUT2D eigenvalue weighted by molar-refractivity contribution is 5.69. The molecule has 10 heteroatoms. The summed E-state index contributed by atoms with van der Waals surface area (Å²) in [6.45, 7) is 7.47. The first-order valence-corrected chi connectivity index (χ1v) is 11.5. The van der Waals surface area contributed by atoms with E-state index in [2.05, 4.69) is 6.92 Å². The molecule has 0 atom stereocenters. The average molecular weight is 467 g/mol. The molecule has 0 aromatic rings. The zero-order chi connectivity index (χ0) is 23.5. The van der Waals surface area contributed by atoms with Crippen LogP contribution in [0.2, 0.25) is 0 Å². The number of unbranched alkanes of at least 4 members (excludes halogenated alkanes) is 3. The molecule has 0 aromatic carbocycles. The van der Waals surface area contributed by atoms with Crippen molar-refractivity contribution in [3.05, 3.63) is 0 Å². The van der Waals surface area contributed by atoms with Crippen LogP contribution in [0.15, 0.2) is 0 Å². The van der Waals surface area contributed by atoms with Crippen molar-refractivity contribution in [2.45, 2.75) is 45.4 Å². The summed E-state index contributed by atoms with van der Waals surface area (Å²) in [5.41, 5.74) is 0. The second-order valence-corrected chi connectivity index (χ2v) is 6.85. The van der Waals surface area contributed by atoms with E-state index in [1.807, 2.05) is 0 Å². The van der Waals surface area contributed by atoms with Gasteiger partial charge in [-0.15, -0.1) is 0 Å². The molecule has 0 aliphatic rings. The third-order valence-electron chi connectivity index (χ3n) is 4.05. The SMILES string of the molecule is CCCCCCC(=O)OCCOCCOCCOCCOCCOCCOCCC(=O)O. The maximum Gasteiger partial charge on any atom is 0.305 e. The van der Waals surface area contributed by atoms with Crippen LogP contribution in [-0.2, 0) is 42.7 Å². The molecule has 0 aromatic heterocycles. The molecule has 0 aliphatic carbocycles. The molecule has 1 N–H and O–H groups in total. The van der Waals surface area contributed by atoms with Gasteiger partial charge in [0.15, 0.2) is 0 Å². The van der Waals surface area contributed by atoms with Gasteiger partial charge in [0.2, 0.25) is 0 Å². The second-order valence-electron chi connectivity index (χ2n) is 6.85. The van der Waals surface area contributed by atoms with Gasteiger partial charge in [-0.1, -0.05) is 26.2 Å². The number of hydrogen-bond donors (Lipinski definition) is 1. The van der Waals surface area contributed by atoms with Crippen LogP contribution >= 0.6 is 0 Å². The summed E-state index contributed by atoms with van der Waals surface area (Å²) in [6, 6.07) is 0. The Kier molecular flexibility index (Phi) is 24.9. The zero-order valence-electron chi connectivity index (χ0n) is 19.6. The highest BCUT2D eigenvalue weighted by Crippen LogP contribution is 2.03. The molecular formula is C22H42O10. The van der Waals surface area contributed by atoms with E-state index in [1.54, 1.807) is 0 Å². The molecule has 190 valence electrons. The number of aliphatic carboxylic acids is 1. The Balaban J connectivity index is 3.09. The van der Waals surface area contributed by atoms with E-state index in [9.17, 15) is 9.59 Å². The number of carbonyl (C=O) groups is 2. The first-order valence-electron chi connectivity index (χ1n) is 11.5. The Hall–Kier alpha value is -1.30. The summed E-state index contributed by atoms with van der Waals surface area (Å²) in [5, 5.41) is 8.45. The van der Waals surface area contributed by atoms with Gasteiger partial charge in [0.1, 0.15) is 6.61 Å². The normalized spacial score (nSPS) is 11.0. The molecule has 0 bridgehead atoms. The third kappa shape index (κ3) is 26.7. The molecule has 32 heavy (non-hydrogen) atoms. The summed E-state index contributed by atoms with van der Waals surface area (Å²) in [5.74, 6) is -1.03. The minimum absolute atomic E-state index is 0.000112. The molecular weight excluding hydrogens is 424 g/mol. The van der Waals surface area contributed by atoms with Gasteiger partial charge in [0.05, 0.1) is 85.7 Å². The number of ether oxygens (including phenoxy) is 7. The Morgan fingerprint density at radius 1 is 0.531 bits per heavy atom. The van der Waals surface area contributed by atoms with Gasteiger partial charge in [0.25, 0.3) is 0 Å². The van der Waals surface area contributed by atoms with Gasteiger partial charge in [-0.3, -0.25) is 9.59 Å². The number of carbonyl (C=O) groups excluding carboxylic acids is 1. The summed E-state index contributed by atoms with van der Waals surface area (Å²) >= 11 is 0. The Labute approximate surface area is 191 Å². The maximum atomic E-state index is 11.5. The largest absolute Gasteiger partial charge is 0.481 e. The molecule has 0 heterocycles. The summed E-state index contributed by atoms with van der Waals surface area (Å²) < 4.78 is 37.0. The minimum atomic E-state index is -0.873. The first-order chi connectivity index (χ1) is 15.7. The van der Waals surface area contributed by atoms with Crippen molar-refractivity contribution in [3.8, 4) is 0 Å². The highest BCUT2D eigenvalue weighted by atomic mass is 16.6. The van der Waals surface area contributed by atoms with Crippen LogP contribution in [0.25, 0.3) is 0 Å². The maximum absolute atomic E-state index is 11.5. The van der Waals surface area contributed by atoms with Crippen LogP contribution in [0.5, 0.6) is 0 Å². The fourth-order valence-electron chi connectivity index (χ4n) is 2.34. The van der Waals surface area contributed by atoms with Crippen molar-refractivity contribution in [2.24, 2.45) is 0 Å². The standard InChI is InChI=1S/C22H42O10/c1-2-3-4-5-6-22(25)32-20-19-31-18-17-30-16-15-29-14-13-28-12-11-27-10-9-26-8-7-21(23)24/h2-20H2,1H3,(H,23,24). The molecule has 0 saturated heterocycles. The van der Waals surface area contributed by atoms with E-state index in [0.29, 0.717) is 79.1 Å². The Morgan fingerprint density at radius 3 is 1.34 bits per heavy atom. The Bertz CT molecular complexity index is 420. The Morgan fingerprint density at radius 2 is 0.938 bits per heavy atom. The van der Waals surface area contributed by atoms with Crippen LogP contribution in [0.3, 0.4) is 0 Å². The third-order valence-corrected chi connectivity index (χ3v) is 4.05. The van der Waals surface area contributed by atoms with Crippen molar-refractivity contribution in [2.75, 3.05) is 85.9 Å². The smallest absolute Gasteiger partial charge is 0.305 e. The van der Waals surface area contributed by atoms with Crippen LogP contribution in [0.1, 0.15) is 45.4 Å². The molecule has 0 rings (SSSR count). The lowest BCUT2D eigenvalue weighted by atomic mass is 10.2. The fourth-order valence-corrected chi connectivity index (χ4v) is 2.34. The minimum Gasteiger partial charge on any atom is -0.481 e.